The van der Waals surface area contributed by atoms with E-state index in [1.54, 1.807) is 6.92 Å². The second-order valence-electron chi connectivity index (χ2n) is 6.15. The molecule has 1 heterocycles. The average molecular weight is 340 g/mol. The molecule has 0 spiro atoms. The van der Waals surface area contributed by atoms with Gasteiger partial charge in [-0.2, -0.15) is 0 Å². The molecule has 3 rings (SSSR count). The molecule has 1 N–H and O–H groups in total. The number of hydrogen-bond acceptors (Lipinski definition) is 4. The molecule has 5 heteroatoms. The topological polar surface area (TPSA) is 50.8 Å². The van der Waals surface area contributed by atoms with E-state index in [-0.39, 0.29) is 5.91 Å². The van der Waals surface area contributed by atoms with Crippen LogP contribution in [-0.2, 0) is 16.1 Å². The third-order valence-electron chi connectivity index (χ3n) is 4.16. The molecule has 0 saturated carbocycles. The van der Waals surface area contributed by atoms with Gasteiger partial charge in [0, 0.05) is 25.3 Å². The predicted octanol–water partition coefficient (Wildman–Crippen LogP) is 2.92. The Morgan fingerprint density at radius 1 is 1.12 bits per heavy atom. The molecule has 25 heavy (non-hydrogen) atoms. The summed E-state index contributed by atoms with van der Waals surface area (Å²) in [5.74, 6) is 0.524. The van der Waals surface area contributed by atoms with Crippen LogP contribution < -0.4 is 10.1 Å². The summed E-state index contributed by atoms with van der Waals surface area (Å²) in [7, 11) is 0. The van der Waals surface area contributed by atoms with Crippen molar-refractivity contribution in [3.8, 4) is 5.75 Å². The van der Waals surface area contributed by atoms with Crippen molar-refractivity contribution in [1.82, 2.24) is 4.90 Å². The van der Waals surface area contributed by atoms with Crippen molar-refractivity contribution in [2.45, 2.75) is 19.6 Å². The Balaban J connectivity index is 1.51. The molecule has 1 aliphatic rings. The number of carbonyl (C=O) groups is 1. The number of hydrogen-bond donors (Lipinski definition) is 1. The van der Waals surface area contributed by atoms with Gasteiger partial charge in [-0.3, -0.25) is 9.69 Å². The third kappa shape index (κ3) is 5.31. The Morgan fingerprint density at radius 2 is 1.80 bits per heavy atom. The molecule has 1 amide bonds. The number of para-hydroxylation sites is 1. The van der Waals surface area contributed by atoms with Gasteiger partial charge in [0.15, 0.2) is 6.10 Å². The second kappa shape index (κ2) is 8.65. The lowest BCUT2D eigenvalue weighted by molar-refractivity contribution is -0.122. The highest BCUT2D eigenvalue weighted by atomic mass is 16.5. The van der Waals surface area contributed by atoms with Crippen LogP contribution in [0.15, 0.2) is 54.6 Å². The first kappa shape index (κ1) is 17.5. The molecule has 1 saturated heterocycles. The molecule has 2 aromatic carbocycles. The summed E-state index contributed by atoms with van der Waals surface area (Å²) in [5, 5.41) is 2.90. The van der Waals surface area contributed by atoms with Crippen molar-refractivity contribution in [1.29, 1.82) is 0 Å². The quantitative estimate of drug-likeness (QED) is 0.878. The predicted molar refractivity (Wildman–Crippen MR) is 97.7 cm³/mol. The van der Waals surface area contributed by atoms with Gasteiger partial charge in [0.1, 0.15) is 5.75 Å². The van der Waals surface area contributed by atoms with Crippen LogP contribution in [0.25, 0.3) is 0 Å². The maximum atomic E-state index is 12.3. The highest BCUT2D eigenvalue weighted by Crippen LogP contribution is 2.15. The number of morpholine rings is 1. The molecule has 1 fully saturated rings. The number of nitrogens with zero attached hydrogens (tertiary/aromatic N) is 1. The molecule has 0 aliphatic carbocycles. The van der Waals surface area contributed by atoms with Gasteiger partial charge in [-0.05, 0) is 36.8 Å². The summed E-state index contributed by atoms with van der Waals surface area (Å²) in [6.45, 7) is 6.18. The number of carbonyl (C=O) groups excluding carboxylic acids is 1. The van der Waals surface area contributed by atoms with Crippen LogP contribution in [0.3, 0.4) is 0 Å². The van der Waals surface area contributed by atoms with E-state index in [0.717, 1.165) is 38.5 Å². The van der Waals surface area contributed by atoms with Crippen molar-refractivity contribution < 1.29 is 14.3 Å². The summed E-state index contributed by atoms with van der Waals surface area (Å²) < 4.78 is 11.0. The maximum Gasteiger partial charge on any atom is 0.265 e. The highest BCUT2D eigenvalue weighted by molar-refractivity contribution is 5.94. The van der Waals surface area contributed by atoms with E-state index in [4.69, 9.17) is 9.47 Å². The number of amides is 1. The van der Waals surface area contributed by atoms with Crippen molar-refractivity contribution in [2.75, 3.05) is 31.6 Å². The van der Waals surface area contributed by atoms with Crippen LogP contribution in [-0.4, -0.2) is 43.2 Å². The fourth-order valence-corrected chi connectivity index (χ4v) is 2.71. The fourth-order valence-electron chi connectivity index (χ4n) is 2.71. The highest BCUT2D eigenvalue weighted by Gasteiger charge is 2.15. The van der Waals surface area contributed by atoms with Gasteiger partial charge < -0.3 is 14.8 Å². The molecule has 0 aromatic heterocycles. The summed E-state index contributed by atoms with van der Waals surface area (Å²) >= 11 is 0. The molecule has 2 aromatic rings. The molecule has 1 aliphatic heterocycles. The minimum Gasteiger partial charge on any atom is -0.481 e. The Bertz CT molecular complexity index is 667. The molecule has 0 radical (unpaired) electrons. The third-order valence-corrected chi connectivity index (χ3v) is 4.16. The van der Waals surface area contributed by atoms with Crippen molar-refractivity contribution in [3.63, 3.8) is 0 Å². The first-order chi connectivity index (χ1) is 12.2. The lowest BCUT2D eigenvalue weighted by Crippen LogP contribution is -2.35. The normalized spacial score (nSPS) is 16.2. The van der Waals surface area contributed by atoms with Gasteiger partial charge >= 0.3 is 0 Å². The van der Waals surface area contributed by atoms with Gasteiger partial charge in [-0.25, -0.2) is 0 Å². The number of nitrogens with one attached hydrogen (secondary N) is 1. The molecule has 5 nitrogen and oxygen atoms in total. The Kier molecular flexibility index (Phi) is 6.04. The van der Waals surface area contributed by atoms with E-state index in [1.165, 1.54) is 5.56 Å². The first-order valence-corrected chi connectivity index (χ1v) is 8.62. The molecule has 132 valence electrons. The van der Waals surface area contributed by atoms with Crippen molar-refractivity contribution in [3.05, 3.63) is 60.2 Å². The van der Waals surface area contributed by atoms with Gasteiger partial charge in [0.2, 0.25) is 0 Å². The lowest BCUT2D eigenvalue weighted by Gasteiger charge is -2.26. The zero-order valence-corrected chi connectivity index (χ0v) is 14.5. The molecular weight excluding hydrogens is 316 g/mol. The second-order valence-corrected chi connectivity index (χ2v) is 6.15. The summed E-state index contributed by atoms with van der Waals surface area (Å²) in [6, 6.07) is 17.3. The number of anilines is 1. The van der Waals surface area contributed by atoms with E-state index >= 15 is 0 Å². The van der Waals surface area contributed by atoms with E-state index in [2.05, 4.69) is 10.2 Å². The molecule has 1 unspecified atom stereocenters. The van der Waals surface area contributed by atoms with Crippen molar-refractivity contribution >= 4 is 11.6 Å². The lowest BCUT2D eigenvalue weighted by atomic mass is 10.2. The number of benzene rings is 2. The SMILES string of the molecule is CC(Oc1ccccc1)C(=O)Nc1ccc(CN2CCOCC2)cc1. The Labute approximate surface area is 148 Å². The summed E-state index contributed by atoms with van der Waals surface area (Å²) in [5.41, 5.74) is 2.01. The van der Waals surface area contributed by atoms with Crippen LogP contribution >= 0.6 is 0 Å². The molecule has 1 atom stereocenters. The Morgan fingerprint density at radius 3 is 2.48 bits per heavy atom. The molecule has 0 bridgehead atoms. The van der Waals surface area contributed by atoms with Crippen LogP contribution in [0.5, 0.6) is 5.75 Å². The minimum absolute atomic E-state index is 0.162. The molecular formula is C20H24N2O3. The van der Waals surface area contributed by atoms with Crippen LogP contribution in [0.1, 0.15) is 12.5 Å². The zero-order valence-electron chi connectivity index (χ0n) is 14.5. The summed E-state index contributed by atoms with van der Waals surface area (Å²) in [6.07, 6.45) is -0.560. The minimum atomic E-state index is -0.560. The van der Waals surface area contributed by atoms with Gasteiger partial charge in [0.05, 0.1) is 13.2 Å². The zero-order chi connectivity index (χ0) is 17.5. The smallest absolute Gasteiger partial charge is 0.265 e. The maximum absolute atomic E-state index is 12.3. The van der Waals surface area contributed by atoms with E-state index < -0.39 is 6.10 Å². The van der Waals surface area contributed by atoms with Crippen molar-refractivity contribution in [2.24, 2.45) is 0 Å². The van der Waals surface area contributed by atoms with Crippen LogP contribution in [0, 0.1) is 0 Å². The van der Waals surface area contributed by atoms with Gasteiger partial charge in [0.25, 0.3) is 5.91 Å². The number of rotatable bonds is 6. The van der Waals surface area contributed by atoms with Crippen LogP contribution in [0.4, 0.5) is 5.69 Å². The van der Waals surface area contributed by atoms with Crippen LogP contribution in [0.2, 0.25) is 0 Å². The van der Waals surface area contributed by atoms with E-state index in [1.807, 2.05) is 54.6 Å². The number of ether oxygens (including phenoxy) is 2. The average Bonchev–Trinajstić information content (AvgIpc) is 2.65. The Hall–Kier alpha value is -2.37. The van der Waals surface area contributed by atoms with E-state index in [9.17, 15) is 4.79 Å². The summed E-state index contributed by atoms with van der Waals surface area (Å²) in [4.78, 5) is 14.6. The van der Waals surface area contributed by atoms with E-state index in [0.29, 0.717) is 5.75 Å². The standard InChI is InChI=1S/C20H24N2O3/c1-16(25-19-5-3-2-4-6-19)20(23)21-18-9-7-17(8-10-18)15-22-11-13-24-14-12-22/h2-10,16H,11-15H2,1H3,(H,21,23). The van der Waals surface area contributed by atoms with Gasteiger partial charge in [-0.1, -0.05) is 30.3 Å². The first-order valence-electron chi connectivity index (χ1n) is 8.62. The fraction of sp³-hybridized carbons (Fsp3) is 0.350. The van der Waals surface area contributed by atoms with Gasteiger partial charge in [-0.15, -0.1) is 0 Å². The largest absolute Gasteiger partial charge is 0.481 e. The monoisotopic (exact) mass is 340 g/mol.